The number of carbonyl (C=O) groups is 2. The van der Waals surface area contributed by atoms with Crippen molar-refractivity contribution in [3.8, 4) is 17.2 Å². The molecule has 8 nitrogen and oxygen atoms in total. The SMILES string of the molecule is CCCCOc1ccc(C(=O)NCC(=O)O[C@@H](C)c2nnc(-c3ccccc3)o2)cc1. The quantitative estimate of drug-likeness (QED) is 0.389. The van der Waals surface area contributed by atoms with E-state index in [0.29, 0.717) is 23.8 Å². The van der Waals surface area contributed by atoms with Crippen LogP contribution in [0.2, 0.25) is 0 Å². The lowest BCUT2D eigenvalue weighted by Crippen LogP contribution is -2.31. The van der Waals surface area contributed by atoms with E-state index in [2.05, 4.69) is 22.4 Å². The van der Waals surface area contributed by atoms with Crippen LogP contribution in [0.4, 0.5) is 0 Å². The first kappa shape index (κ1) is 22.0. The molecule has 0 fully saturated rings. The van der Waals surface area contributed by atoms with Crippen LogP contribution < -0.4 is 10.1 Å². The van der Waals surface area contributed by atoms with Gasteiger partial charge in [0.05, 0.1) is 6.61 Å². The number of hydrogen-bond donors (Lipinski definition) is 1. The predicted octanol–water partition coefficient (Wildman–Crippen LogP) is 3.95. The first-order valence-electron chi connectivity index (χ1n) is 10.2. The zero-order chi connectivity index (χ0) is 22.1. The molecule has 0 unspecified atom stereocenters. The average molecular weight is 423 g/mol. The maximum absolute atomic E-state index is 12.2. The van der Waals surface area contributed by atoms with Gasteiger partial charge in [-0.05, 0) is 49.7 Å². The van der Waals surface area contributed by atoms with Gasteiger partial charge in [-0.3, -0.25) is 9.59 Å². The van der Waals surface area contributed by atoms with Crippen molar-refractivity contribution in [2.75, 3.05) is 13.2 Å². The van der Waals surface area contributed by atoms with Gasteiger partial charge in [0.2, 0.25) is 5.89 Å². The molecule has 1 atom stereocenters. The van der Waals surface area contributed by atoms with Gasteiger partial charge in [0, 0.05) is 11.1 Å². The Bertz CT molecular complexity index is 986. The molecule has 1 amide bonds. The summed E-state index contributed by atoms with van der Waals surface area (Å²) in [6.45, 7) is 4.07. The summed E-state index contributed by atoms with van der Waals surface area (Å²) in [5.41, 5.74) is 1.20. The number of ether oxygens (including phenoxy) is 2. The van der Waals surface area contributed by atoms with Gasteiger partial charge in [-0.15, -0.1) is 10.2 Å². The van der Waals surface area contributed by atoms with Crippen LogP contribution in [0.1, 0.15) is 49.0 Å². The molecular formula is C23H25N3O5. The molecule has 162 valence electrons. The van der Waals surface area contributed by atoms with Gasteiger partial charge in [-0.25, -0.2) is 0 Å². The highest BCUT2D eigenvalue weighted by Crippen LogP contribution is 2.22. The first-order chi connectivity index (χ1) is 15.1. The number of nitrogens with zero attached hydrogens (tertiary/aromatic N) is 2. The third-order valence-corrected chi connectivity index (χ3v) is 4.39. The van der Waals surface area contributed by atoms with Crippen molar-refractivity contribution in [3.63, 3.8) is 0 Å². The average Bonchev–Trinajstić information content (AvgIpc) is 3.29. The Hall–Kier alpha value is -3.68. The highest BCUT2D eigenvalue weighted by atomic mass is 16.6. The number of unbranched alkanes of at least 4 members (excludes halogenated alkanes) is 1. The fourth-order valence-corrected chi connectivity index (χ4v) is 2.68. The van der Waals surface area contributed by atoms with E-state index in [9.17, 15) is 9.59 Å². The maximum atomic E-state index is 12.2. The Morgan fingerprint density at radius 1 is 1.06 bits per heavy atom. The van der Waals surface area contributed by atoms with E-state index in [0.717, 1.165) is 18.4 Å². The fraction of sp³-hybridized carbons (Fsp3) is 0.304. The number of carbonyl (C=O) groups excluding carboxylic acids is 2. The molecule has 3 aromatic rings. The number of benzene rings is 2. The molecule has 8 heteroatoms. The minimum Gasteiger partial charge on any atom is -0.494 e. The molecule has 0 aliphatic heterocycles. The Labute approximate surface area is 180 Å². The van der Waals surface area contributed by atoms with E-state index in [-0.39, 0.29) is 18.3 Å². The monoisotopic (exact) mass is 423 g/mol. The Balaban J connectivity index is 1.46. The summed E-state index contributed by atoms with van der Waals surface area (Å²) in [6.07, 6.45) is 1.28. The largest absolute Gasteiger partial charge is 0.494 e. The summed E-state index contributed by atoms with van der Waals surface area (Å²) in [5.74, 6) is 0.229. The normalized spacial score (nSPS) is 11.5. The number of hydrogen-bond acceptors (Lipinski definition) is 7. The summed E-state index contributed by atoms with van der Waals surface area (Å²) in [5, 5.41) is 10.4. The van der Waals surface area contributed by atoms with Crippen LogP contribution in [0.25, 0.3) is 11.5 Å². The molecule has 0 saturated carbocycles. The van der Waals surface area contributed by atoms with Crippen LogP contribution in [0.15, 0.2) is 59.0 Å². The molecule has 31 heavy (non-hydrogen) atoms. The summed E-state index contributed by atoms with van der Waals surface area (Å²) < 4.78 is 16.4. The van der Waals surface area contributed by atoms with Crippen LogP contribution in [-0.2, 0) is 9.53 Å². The van der Waals surface area contributed by atoms with Crippen LogP contribution in [0.3, 0.4) is 0 Å². The van der Waals surface area contributed by atoms with Crippen LogP contribution >= 0.6 is 0 Å². The number of amides is 1. The maximum Gasteiger partial charge on any atom is 0.326 e. The molecule has 0 aliphatic carbocycles. The fourth-order valence-electron chi connectivity index (χ4n) is 2.68. The standard InChI is InChI=1S/C23H25N3O5/c1-3-4-14-29-19-12-10-17(11-13-19)21(28)24-15-20(27)30-16(2)22-25-26-23(31-22)18-8-6-5-7-9-18/h5-13,16H,3-4,14-15H2,1-2H3,(H,24,28)/t16-/m0/s1. The van der Waals surface area contributed by atoms with Gasteiger partial charge in [-0.2, -0.15) is 0 Å². The van der Waals surface area contributed by atoms with Crippen LogP contribution in [0.5, 0.6) is 5.75 Å². The minimum atomic E-state index is -0.742. The van der Waals surface area contributed by atoms with Gasteiger partial charge < -0.3 is 19.2 Å². The summed E-state index contributed by atoms with van der Waals surface area (Å²) in [7, 11) is 0. The number of nitrogens with one attached hydrogen (secondary N) is 1. The molecule has 1 heterocycles. The van der Waals surface area contributed by atoms with Gasteiger partial charge in [-0.1, -0.05) is 31.5 Å². The smallest absolute Gasteiger partial charge is 0.326 e. The van der Waals surface area contributed by atoms with Crippen molar-refractivity contribution in [1.29, 1.82) is 0 Å². The first-order valence-corrected chi connectivity index (χ1v) is 10.2. The van der Waals surface area contributed by atoms with Crippen molar-refractivity contribution in [3.05, 3.63) is 66.1 Å². The van der Waals surface area contributed by atoms with Crippen LogP contribution in [-0.4, -0.2) is 35.2 Å². The summed E-state index contributed by atoms with van der Waals surface area (Å²) >= 11 is 0. The minimum absolute atomic E-state index is 0.178. The van der Waals surface area contributed by atoms with E-state index in [1.165, 1.54) is 0 Å². The van der Waals surface area contributed by atoms with Crippen LogP contribution in [0, 0.1) is 0 Å². The highest BCUT2D eigenvalue weighted by Gasteiger charge is 2.19. The molecule has 1 N–H and O–H groups in total. The second kappa shape index (κ2) is 10.9. The molecule has 3 rings (SSSR count). The van der Waals surface area contributed by atoms with Crippen molar-refractivity contribution >= 4 is 11.9 Å². The molecule has 0 saturated heterocycles. The number of esters is 1. The third-order valence-electron chi connectivity index (χ3n) is 4.39. The topological polar surface area (TPSA) is 104 Å². The summed E-state index contributed by atoms with van der Waals surface area (Å²) in [4.78, 5) is 24.3. The molecular weight excluding hydrogens is 398 g/mol. The van der Waals surface area contributed by atoms with Gasteiger partial charge >= 0.3 is 5.97 Å². The van der Waals surface area contributed by atoms with Crippen molar-refractivity contribution in [1.82, 2.24) is 15.5 Å². The van der Waals surface area contributed by atoms with E-state index in [1.807, 2.05) is 30.3 Å². The zero-order valence-corrected chi connectivity index (χ0v) is 17.5. The lowest BCUT2D eigenvalue weighted by atomic mass is 10.2. The lowest BCUT2D eigenvalue weighted by Gasteiger charge is -2.10. The Kier molecular flexibility index (Phi) is 7.75. The molecule has 0 spiro atoms. The van der Waals surface area contributed by atoms with Gasteiger partial charge in [0.25, 0.3) is 11.8 Å². The second-order valence-electron chi connectivity index (χ2n) is 6.85. The summed E-state index contributed by atoms with van der Waals surface area (Å²) in [6, 6.07) is 16.0. The third kappa shape index (κ3) is 6.40. The van der Waals surface area contributed by atoms with E-state index >= 15 is 0 Å². The lowest BCUT2D eigenvalue weighted by molar-refractivity contribution is -0.148. The van der Waals surface area contributed by atoms with Gasteiger partial charge in [0.1, 0.15) is 12.3 Å². The Morgan fingerprint density at radius 3 is 2.52 bits per heavy atom. The van der Waals surface area contributed by atoms with Crippen molar-refractivity contribution in [2.24, 2.45) is 0 Å². The number of rotatable bonds is 10. The molecule has 0 bridgehead atoms. The predicted molar refractivity (Wildman–Crippen MR) is 113 cm³/mol. The number of aromatic nitrogens is 2. The van der Waals surface area contributed by atoms with E-state index in [1.54, 1.807) is 31.2 Å². The van der Waals surface area contributed by atoms with Crippen molar-refractivity contribution in [2.45, 2.75) is 32.8 Å². The molecule has 1 aromatic heterocycles. The highest BCUT2D eigenvalue weighted by molar-refractivity contribution is 5.96. The Morgan fingerprint density at radius 2 is 1.81 bits per heavy atom. The molecule has 0 aliphatic rings. The van der Waals surface area contributed by atoms with E-state index in [4.69, 9.17) is 13.9 Å². The van der Waals surface area contributed by atoms with Crippen molar-refractivity contribution < 1.29 is 23.5 Å². The second-order valence-corrected chi connectivity index (χ2v) is 6.85. The molecule has 2 aromatic carbocycles. The zero-order valence-electron chi connectivity index (χ0n) is 17.5. The van der Waals surface area contributed by atoms with E-state index < -0.39 is 12.1 Å². The van der Waals surface area contributed by atoms with Gasteiger partial charge in [0.15, 0.2) is 6.10 Å². The molecule has 0 radical (unpaired) electrons.